The Morgan fingerprint density at radius 3 is 2.26 bits per heavy atom. The molecule has 0 aliphatic heterocycles. The monoisotopic (exact) mass is 388 g/mol. The predicted molar refractivity (Wildman–Crippen MR) is 107 cm³/mol. The van der Waals surface area contributed by atoms with E-state index in [0.717, 1.165) is 5.56 Å². The standard InChI is InChI=1S/C18H20N4O4S/c1-21(10-12-5-3-2-4-6-12)15-8-7-14(20-16(19)27)9-13(15)11-22(17(23)24)18(25)26/h2-9H,10-11H2,1H3,(H,23,24)(H,25,26)(H3,19,20,27). The van der Waals surface area contributed by atoms with E-state index in [0.29, 0.717) is 28.4 Å². The number of nitrogens with one attached hydrogen (secondary N) is 1. The Bertz CT molecular complexity index is 831. The van der Waals surface area contributed by atoms with Crippen LogP contribution in [0.5, 0.6) is 0 Å². The number of nitrogens with two attached hydrogens (primary N) is 1. The summed E-state index contributed by atoms with van der Waals surface area (Å²) < 4.78 is 0. The molecule has 2 aromatic carbocycles. The SMILES string of the molecule is CN(Cc1ccccc1)c1ccc(NC(N)=S)cc1CN(C(=O)O)C(=O)O. The first-order valence-electron chi connectivity index (χ1n) is 7.95. The molecule has 5 N–H and O–H groups in total. The van der Waals surface area contributed by atoms with Gasteiger partial charge >= 0.3 is 12.2 Å². The Morgan fingerprint density at radius 2 is 1.70 bits per heavy atom. The molecular weight excluding hydrogens is 368 g/mol. The van der Waals surface area contributed by atoms with Crippen LogP contribution in [0.1, 0.15) is 11.1 Å². The molecule has 142 valence electrons. The Morgan fingerprint density at radius 1 is 1.07 bits per heavy atom. The van der Waals surface area contributed by atoms with Gasteiger partial charge in [-0.15, -0.1) is 0 Å². The van der Waals surface area contributed by atoms with Gasteiger partial charge in [0.2, 0.25) is 0 Å². The van der Waals surface area contributed by atoms with Gasteiger partial charge in [0.15, 0.2) is 5.11 Å². The molecule has 27 heavy (non-hydrogen) atoms. The van der Waals surface area contributed by atoms with Crippen LogP contribution in [0, 0.1) is 0 Å². The van der Waals surface area contributed by atoms with Crippen molar-refractivity contribution in [2.75, 3.05) is 17.3 Å². The van der Waals surface area contributed by atoms with Gasteiger partial charge in [-0.05, 0) is 41.5 Å². The molecule has 0 aromatic heterocycles. The lowest BCUT2D eigenvalue weighted by atomic mass is 10.1. The average Bonchev–Trinajstić information content (AvgIpc) is 2.59. The van der Waals surface area contributed by atoms with E-state index < -0.39 is 12.2 Å². The Balaban J connectivity index is 2.37. The van der Waals surface area contributed by atoms with Crippen LogP contribution in [0.15, 0.2) is 48.5 Å². The maximum atomic E-state index is 11.3. The molecule has 0 radical (unpaired) electrons. The number of nitrogens with zero attached hydrogens (tertiary/aromatic N) is 2. The molecule has 2 amide bonds. The number of rotatable bonds is 6. The van der Waals surface area contributed by atoms with E-state index in [4.69, 9.17) is 28.2 Å². The van der Waals surface area contributed by atoms with Crippen molar-refractivity contribution in [1.82, 2.24) is 4.90 Å². The lowest BCUT2D eigenvalue weighted by Gasteiger charge is -2.25. The van der Waals surface area contributed by atoms with Gasteiger partial charge in [0.1, 0.15) is 0 Å². The second-order valence-corrected chi connectivity index (χ2v) is 6.27. The summed E-state index contributed by atoms with van der Waals surface area (Å²) in [5, 5.41) is 21.1. The zero-order valence-electron chi connectivity index (χ0n) is 14.6. The number of amides is 2. The minimum Gasteiger partial charge on any atom is -0.465 e. The summed E-state index contributed by atoms with van der Waals surface area (Å²) in [5.74, 6) is 0. The van der Waals surface area contributed by atoms with Gasteiger partial charge in [-0.2, -0.15) is 0 Å². The van der Waals surface area contributed by atoms with Crippen molar-refractivity contribution in [3.05, 3.63) is 59.7 Å². The molecule has 0 aliphatic carbocycles. The summed E-state index contributed by atoms with van der Waals surface area (Å²) >= 11 is 4.82. The summed E-state index contributed by atoms with van der Waals surface area (Å²) in [6.07, 6.45) is -3.10. The molecular formula is C18H20N4O4S. The summed E-state index contributed by atoms with van der Waals surface area (Å²) in [7, 11) is 1.85. The van der Waals surface area contributed by atoms with E-state index in [9.17, 15) is 9.59 Å². The van der Waals surface area contributed by atoms with Crippen molar-refractivity contribution in [3.8, 4) is 0 Å². The molecule has 0 bridgehead atoms. The van der Waals surface area contributed by atoms with E-state index in [1.54, 1.807) is 18.2 Å². The van der Waals surface area contributed by atoms with E-state index in [-0.39, 0.29) is 11.7 Å². The van der Waals surface area contributed by atoms with Crippen molar-refractivity contribution in [1.29, 1.82) is 0 Å². The number of benzene rings is 2. The van der Waals surface area contributed by atoms with Gasteiger partial charge in [0, 0.05) is 25.0 Å². The van der Waals surface area contributed by atoms with E-state index in [1.807, 2.05) is 42.3 Å². The van der Waals surface area contributed by atoms with Crippen LogP contribution in [-0.4, -0.2) is 39.5 Å². The normalized spacial score (nSPS) is 10.1. The molecule has 0 saturated heterocycles. The molecule has 2 rings (SSSR count). The van der Waals surface area contributed by atoms with Crippen LogP contribution in [0.3, 0.4) is 0 Å². The highest BCUT2D eigenvalue weighted by Crippen LogP contribution is 2.26. The molecule has 0 heterocycles. The van der Waals surface area contributed by atoms with Gasteiger partial charge < -0.3 is 26.2 Å². The maximum absolute atomic E-state index is 11.3. The fraction of sp³-hybridized carbons (Fsp3) is 0.167. The lowest BCUT2D eigenvalue weighted by Crippen LogP contribution is -2.34. The number of carbonyl (C=O) groups is 2. The maximum Gasteiger partial charge on any atom is 0.417 e. The molecule has 0 saturated carbocycles. The van der Waals surface area contributed by atoms with Gasteiger partial charge in [-0.25, -0.2) is 14.5 Å². The smallest absolute Gasteiger partial charge is 0.417 e. The van der Waals surface area contributed by atoms with Gasteiger partial charge in [0.25, 0.3) is 0 Å². The van der Waals surface area contributed by atoms with Gasteiger partial charge in [-0.3, -0.25) is 0 Å². The Kier molecular flexibility index (Phi) is 6.56. The molecule has 8 nitrogen and oxygen atoms in total. The molecule has 2 aromatic rings. The fourth-order valence-corrected chi connectivity index (χ4v) is 2.75. The van der Waals surface area contributed by atoms with Crippen molar-refractivity contribution in [2.45, 2.75) is 13.1 Å². The molecule has 0 unspecified atom stereocenters. The number of anilines is 2. The van der Waals surface area contributed by atoms with Crippen LogP contribution in [0.2, 0.25) is 0 Å². The second kappa shape index (κ2) is 8.86. The minimum absolute atomic E-state index is 0.0552. The third kappa shape index (κ3) is 5.58. The highest BCUT2D eigenvalue weighted by molar-refractivity contribution is 7.80. The number of carboxylic acid groups (broad SMARTS) is 2. The number of hydrogen-bond donors (Lipinski definition) is 4. The molecule has 0 atom stereocenters. The first-order chi connectivity index (χ1) is 12.8. The highest BCUT2D eigenvalue weighted by Gasteiger charge is 2.22. The minimum atomic E-state index is -1.55. The number of hydrogen-bond acceptors (Lipinski definition) is 4. The van der Waals surface area contributed by atoms with Gasteiger partial charge in [-0.1, -0.05) is 30.3 Å². The molecule has 9 heteroatoms. The molecule has 0 fully saturated rings. The summed E-state index contributed by atoms with van der Waals surface area (Å²) in [6.45, 7) is 0.238. The quantitative estimate of drug-likeness (QED) is 0.557. The lowest BCUT2D eigenvalue weighted by molar-refractivity contribution is 0.120. The van der Waals surface area contributed by atoms with Crippen molar-refractivity contribution in [2.24, 2.45) is 5.73 Å². The summed E-state index contributed by atoms with van der Waals surface area (Å²) in [6, 6.07) is 14.9. The summed E-state index contributed by atoms with van der Waals surface area (Å²) in [5.41, 5.74) is 8.28. The first kappa shape index (κ1) is 20.0. The van der Waals surface area contributed by atoms with Crippen LogP contribution in [0.4, 0.5) is 21.0 Å². The Labute approximate surface area is 161 Å². The van der Waals surface area contributed by atoms with Crippen LogP contribution in [-0.2, 0) is 13.1 Å². The third-order valence-electron chi connectivity index (χ3n) is 3.81. The second-order valence-electron chi connectivity index (χ2n) is 5.83. The molecule has 0 spiro atoms. The predicted octanol–water partition coefficient (Wildman–Crippen LogP) is 3.14. The fourth-order valence-electron chi connectivity index (χ4n) is 2.63. The largest absolute Gasteiger partial charge is 0.465 e. The van der Waals surface area contributed by atoms with Crippen LogP contribution in [0.25, 0.3) is 0 Å². The van der Waals surface area contributed by atoms with E-state index in [1.165, 1.54) is 0 Å². The summed E-state index contributed by atoms with van der Waals surface area (Å²) in [4.78, 5) is 24.7. The number of thiocarbonyl (C=S) groups is 1. The third-order valence-corrected chi connectivity index (χ3v) is 3.91. The topological polar surface area (TPSA) is 119 Å². The van der Waals surface area contributed by atoms with Crippen LogP contribution < -0.4 is 16.0 Å². The van der Waals surface area contributed by atoms with Crippen molar-refractivity contribution < 1.29 is 19.8 Å². The average molecular weight is 388 g/mol. The van der Waals surface area contributed by atoms with E-state index >= 15 is 0 Å². The van der Waals surface area contributed by atoms with Gasteiger partial charge in [0.05, 0.1) is 6.54 Å². The number of imide groups is 1. The highest BCUT2D eigenvalue weighted by atomic mass is 32.1. The van der Waals surface area contributed by atoms with Crippen molar-refractivity contribution in [3.63, 3.8) is 0 Å². The van der Waals surface area contributed by atoms with Crippen molar-refractivity contribution >= 4 is 40.9 Å². The van der Waals surface area contributed by atoms with Crippen LogP contribution >= 0.6 is 12.2 Å². The zero-order valence-corrected chi connectivity index (χ0v) is 15.4. The zero-order chi connectivity index (χ0) is 20.0. The Hall–Kier alpha value is -3.33. The first-order valence-corrected chi connectivity index (χ1v) is 8.36. The molecule has 0 aliphatic rings. The van der Waals surface area contributed by atoms with E-state index in [2.05, 4.69) is 5.32 Å².